The number of nitrogens with two attached hydrogens (primary N) is 1. The Morgan fingerprint density at radius 2 is 2.10 bits per heavy atom. The van der Waals surface area contributed by atoms with Crippen molar-refractivity contribution in [3.05, 3.63) is 30.1 Å². The Hall–Kier alpha value is -1.73. The molecule has 2 aromatic rings. The maximum absolute atomic E-state index is 10.4. The van der Waals surface area contributed by atoms with Crippen LogP contribution in [-0.4, -0.2) is 33.4 Å². The van der Waals surface area contributed by atoms with Gasteiger partial charge < -0.3 is 15.7 Å². The lowest BCUT2D eigenvalue weighted by Gasteiger charge is -2.33. The van der Waals surface area contributed by atoms with E-state index in [1.807, 2.05) is 18.2 Å². The van der Waals surface area contributed by atoms with Crippen LogP contribution in [0.5, 0.6) is 0 Å². The van der Waals surface area contributed by atoms with Gasteiger partial charge >= 0.3 is 0 Å². The molecule has 1 aliphatic rings. The van der Waals surface area contributed by atoms with E-state index in [1.165, 1.54) is 11.3 Å². The summed E-state index contributed by atoms with van der Waals surface area (Å²) in [6.45, 7) is 1.73. The van der Waals surface area contributed by atoms with E-state index < -0.39 is 6.10 Å². The number of pyridine rings is 1. The second kappa shape index (κ2) is 5.72. The number of aliphatic hydroxyl groups is 1. The number of nitrogen functional groups attached to an aromatic ring is 1. The van der Waals surface area contributed by atoms with Gasteiger partial charge in [0.1, 0.15) is 0 Å². The third kappa shape index (κ3) is 2.73. The minimum absolute atomic E-state index is 0.242. The van der Waals surface area contributed by atoms with Crippen LogP contribution >= 0.6 is 11.3 Å². The van der Waals surface area contributed by atoms with E-state index in [0.29, 0.717) is 5.13 Å². The zero-order valence-electron chi connectivity index (χ0n) is 11.0. The minimum atomic E-state index is -0.488. The van der Waals surface area contributed by atoms with Gasteiger partial charge in [-0.1, -0.05) is 17.4 Å². The van der Waals surface area contributed by atoms with Gasteiger partial charge in [-0.15, -0.1) is 10.2 Å². The van der Waals surface area contributed by atoms with Crippen LogP contribution in [-0.2, 0) is 0 Å². The summed E-state index contributed by atoms with van der Waals surface area (Å²) in [4.78, 5) is 6.41. The smallest absolute Gasteiger partial charge is 0.209 e. The SMILES string of the molecule is Nc1nnc(N2CCC(C(O)c3ccccn3)CC2)s1. The summed E-state index contributed by atoms with van der Waals surface area (Å²) < 4.78 is 0. The molecule has 1 unspecified atom stereocenters. The molecular weight excluding hydrogens is 274 g/mol. The molecule has 1 aliphatic heterocycles. The molecule has 0 bridgehead atoms. The van der Waals surface area contributed by atoms with Gasteiger partial charge in [-0.2, -0.15) is 0 Å². The number of nitrogens with zero attached hydrogens (tertiary/aromatic N) is 4. The lowest BCUT2D eigenvalue weighted by atomic mass is 9.89. The van der Waals surface area contributed by atoms with Crippen molar-refractivity contribution in [2.75, 3.05) is 23.7 Å². The molecule has 3 rings (SSSR count). The van der Waals surface area contributed by atoms with Crippen molar-refractivity contribution >= 4 is 21.6 Å². The van der Waals surface area contributed by atoms with Crippen LogP contribution in [0.1, 0.15) is 24.6 Å². The minimum Gasteiger partial charge on any atom is -0.387 e. The summed E-state index contributed by atoms with van der Waals surface area (Å²) in [7, 11) is 0. The zero-order chi connectivity index (χ0) is 13.9. The van der Waals surface area contributed by atoms with Crippen LogP contribution in [0.4, 0.5) is 10.3 Å². The molecule has 1 saturated heterocycles. The van der Waals surface area contributed by atoms with Crippen LogP contribution in [0, 0.1) is 5.92 Å². The summed E-state index contributed by atoms with van der Waals surface area (Å²) in [5.74, 6) is 0.242. The first kappa shape index (κ1) is 13.3. The molecule has 0 amide bonds. The first-order valence-electron chi connectivity index (χ1n) is 6.67. The van der Waals surface area contributed by atoms with Crippen molar-refractivity contribution < 1.29 is 5.11 Å². The van der Waals surface area contributed by atoms with E-state index in [1.54, 1.807) is 6.20 Å². The second-order valence-corrected chi connectivity index (χ2v) is 5.93. The fraction of sp³-hybridized carbons (Fsp3) is 0.462. The van der Waals surface area contributed by atoms with Crippen molar-refractivity contribution in [3.8, 4) is 0 Å². The molecule has 1 fully saturated rings. The summed E-state index contributed by atoms with van der Waals surface area (Å²) in [5, 5.41) is 19.6. The fourth-order valence-electron chi connectivity index (χ4n) is 2.55. The lowest BCUT2D eigenvalue weighted by molar-refractivity contribution is 0.0891. The first-order valence-corrected chi connectivity index (χ1v) is 7.48. The van der Waals surface area contributed by atoms with Crippen molar-refractivity contribution in [1.29, 1.82) is 0 Å². The molecule has 0 spiro atoms. The maximum atomic E-state index is 10.4. The van der Waals surface area contributed by atoms with Gasteiger partial charge in [0.25, 0.3) is 0 Å². The Morgan fingerprint density at radius 1 is 1.30 bits per heavy atom. The molecule has 2 aromatic heterocycles. The summed E-state index contributed by atoms with van der Waals surface area (Å²) >= 11 is 1.41. The number of piperidine rings is 1. The van der Waals surface area contributed by atoms with Gasteiger partial charge in [-0.25, -0.2) is 0 Å². The molecule has 3 heterocycles. The largest absolute Gasteiger partial charge is 0.387 e. The Labute approximate surface area is 121 Å². The number of hydrogen-bond acceptors (Lipinski definition) is 7. The van der Waals surface area contributed by atoms with Crippen molar-refractivity contribution in [2.24, 2.45) is 5.92 Å². The fourth-order valence-corrected chi connectivity index (χ4v) is 3.22. The Morgan fingerprint density at radius 3 is 2.70 bits per heavy atom. The van der Waals surface area contributed by atoms with Gasteiger partial charge in [0, 0.05) is 19.3 Å². The standard InChI is InChI=1S/C13H17N5OS/c14-12-16-17-13(20-12)18-7-4-9(5-8-18)11(19)10-3-1-2-6-15-10/h1-3,6,9,11,19H,4-5,7-8H2,(H2,14,16). The number of aromatic nitrogens is 3. The Balaban J connectivity index is 1.61. The molecule has 20 heavy (non-hydrogen) atoms. The highest BCUT2D eigenvalue weighted by Crippen LogP contribution is 2.32. The third-order valence-electron chi connectivity index (χ3n) is 3.68. The number of anilines is 2. The van der Waals surface area contributed by atoms with Gasteiger partial charge in [0.15, 0.2) is 0 Å². The van der Waals surface area contributed by atoms with E-state index in [4.69, 9.17) is 5.73 Å². The van der Waals surface area contributed by atoms with E-state index >= 15 is 0 Å². The van der Waals surface area contributed by atoms with Crippen LogP contribution < -0.4 is 10.6 Å². The average molecular weight is 291 g/mol. The normalized spacial score (nSPS) is 18.1. The topological polar surface area (TPSA) is 88.2 Å². The monoisotopic (exact) mass is 291 g/mol. The Bertz CT molecular complexity index is 553. The van der Waals surface area contributed by atoms with Crippen molar-refractivity contribution in [3.63, 3.8) is 0 Å². The lowest BCUT2D eigenvalue weighted by Crippen LogP contribution is -2.35. The van der Waals surface area contributed by atoms with Gasteiger partial charge in [0.05, 0.1) is 11.8 Å². The van der Waals surface area contributed by atoms with E-state index in [9.17, 15) is 5.11 Å². The molecule has 7 heteroatoms. The quantitative estimate of drug-likeness (QED) is 0.890. The van der Waals surface area contributed by atoms with Gasteiger partial charge in [0.2, 0.25) is 10.3 Å². The second-order valence-electron chi connectivity index (χ2n) is 4.95. The molecule has 0 saturated carbocycles. The van der Waals surface area contributed by atoms with Crippen LogP contribution in [0.2, 0.25) is 0 Å². The molecular formula is C13H17N5OS. The molecule has 0 aliphatic carbocycles. The summed E-state index contributed by atoms with van der Waals surface area (Å²) in [5.41, 5.74) is 6.36. The van der Waals surface area contributed by atoms with Crippen LogP contribution in [0.25, 0.3) is 0 Å². The van der Waals surface area contributed by atoms with Crippen LogP contribution in [0.3, 0.4) is 0 Å². The molecule has 3 N–H and O–H groups in total. The summed E-state index contributed by atoms with van der Waals surface area (Å²) in [6.07, 6.45) is 3.06. The summed E-state index contributed by atoms with van der Waals surface area (Å²) in [6, 6.07) is 5.64. The predicted octanol–water partition coefficient (Wildman–Crippen LogP) is 1.47. The molecule has 1 atom stereocenters. The van der Waals surface area contributed by atoms with Crippen molar-refractivity contribution in [1.82, 2.24) is 15.2 Å². The highest BCUT2D eigenvalue weighted by atomic mass is 32.1. The average Bonchev–Trinajstić information content (AvgIpc) is 2.94. The van der Waals surface area contributed by atoms with Gasteiger partial charge in [-0.3, -0.25) is 4.98 Å². The van der Waals surface area contributed by atoms with Gasteiger partial charge in [-0.05, 0) is 30.9 Å². The third-order valence-corrected chi connectivity index (χ3v) is 4.49. The van der Waals surface area contributed by atoms with E-state index in [2.05, 4.69) is 20.1 Å². The molecule has 0 aromatic carbocycles. The highest BCUT2D eigenvalue weighted by molar-refractivity contribution is 7.18. The van der Waals surface area contributed by atoms with E-state index in [-0.39, 0.29) is 5.92 Å². The number of aliphatic hydroxyl groups excluding tert-OH is 1. The zero-order valence-corrected chi connectivity index (χ0v) is 11.8. The maximum Gasteiger partial charge on any atom is 0.209 e. The van der Waals surface area contributed by atoms with Crippen LogP contribution in [0.15, 0.2) is 24.4 Å². The molecule has 6 nitrogen and oxygen atoms in total. The number of hydrogen-bond donors (Lipinski definition) is 2. The number of rotatable bonds is 3. The Kier molecular flexibility index (Phi) is 3.79. The van der Waals surface area contributed by atoms with Crippen molar-refractivity contribution in [2.45, 2.75) is 18.9 Å². The molecule has 106 valence electrons. The van der Waals surface area contributed by atoms with E-state index in [0.717, 1.165) is 36.8 Å². The molecule has 0 radical (unpaired) electrons. The predicted molar refractivity (Wildman–Crippen MR) is 78.5 cm³/mol. The highest BCUT2D eigenvalue weighted by Gasteiger charge is 2.28. The first-order chi connectivity index (χ1) is 9.74.